The van der Waals surface area contributed by atoms with Crippen LogP contribution in [0.25, 0.3) is 0 Å². The number of carbonyl (C=O) groups is 1. The Kier molecular flexibility index (Phi) is 4.48. The Morgan fingerprint density at radius 1 is 1.40 bits per heavy atom. The van der Waals surface area contributed by atoms with E-state index in [4.69, 9.17) is 5.73 Å². The molecule has 3 nitrogen and oxygen atoms in total. The van der Waals surface area contributed by atoms with E-state index in [1.54, 1.807) is 0 Å². The van der Waals surface area contributed by atoms with E-state index in [0.717, 1.165) is 24.8 Å². The summed E-state index contributed by atoms with van der Waals surface area (Å²) in [5, 5.41) is 3.08. The predicted octanol–water partition coefficient (Wildman–Crippen LogP) is 3.08. The van der Waals surface area contributed by atoms with Crippen molar-refractivity contribution in [1.82, 2.24) is 5.32 Å². The fourth-order valence-electron chi connectivity index (χ4n) is 3.08. The average molecular weight is 274 g/mol. The number of aryl methyl sites for hydroxylation is 1. The summed E-state index contributed by atoms with van der Waals surface area (Å²) in [6.07, 6.45) is 3.81. The molecule has 20 heavy (non-hydrogen) atoms. The highest BCUT2D eigenvalue weighted by Crippen LogP contribution is 2.31. The quantitative estimate of drug-likeness (QED) is 0.890. The van der Waals surface area contributed by atoms with Crippen LogP contribution in [0.3, 0.4) is 0 Å². The zero-order chi connectivity index (χ0) is 14.8. The lowest BCUT2D eigenvalue weighted by atomic mass is 9.76. The summed E-state index contributed by atoms with van der Waals surface area (Å²) in [7, 11) is 0. The number of benzene rings is 1. The number of carbonyl (C=O) groups excluding carboxylic acids is 1. The van der Waals surface area contributed by atoms with Crippen LogP contribution in [0.2, 0.25) is 0 Å². The topological polar surface area (TPSA) is 55.1 Å². The SMILES string of the molecule is Cc1ccc([C@@H](C)NC(=O)C2(N)CCCC(C)C2)cc1. The summed E-state index contributed by atoms with van der Waals surface area (Å²) in [6, 6.07) is 8.26. The Morgan fingerprint density at radius 3 is 2.65 bits per heavy atom. The lowest BCUT2D eigenvalue weighted by Gasteiger charge is -2.36. The van der Waals surface area contributed by atoms with Gasteiger partial charge in [0.2, 0.25) is 5.91 Å². The highest BCUT2D eigenvalue weighted by atomic mass is 16.2. The van der Waals surface area contributed by atoms with Gasteiger partial charge in [-0.3, -0.25) is 4.79 Å². The summed E-state index contributed by atoms with van der Waals surface area (Å²) in [4.78, 5) is 12.5. The van der Waals surface area contributed by atoms with Crippen molar-refractivity contribution in [3.8, 4) is 0 Å². The van der Waals surface area contributed by atoms with Crippen molar-refractivity contribution in [3.63, 3.8) is 0 Å². The fourth-order valence-corrected chi connectivity index (χ4v) is 3.08. The Labute approximate surface area is 121 Å². The lowest BCUT2D eigenvalue weighted by molar-refractivity contribution is -0.128. The molecule has 1 fully saturated rings. The van der Waals surface area contributed by atoms with E-state index in [2.05, 4.69) is 43.4 Å². The Balaban J connectivity index is 2.01. The van der Waals surface area contributed by atoms with Crippen LogP contribution in [0.15, 0.2) is 24.3 Å². The summed E-state index contributed by atoms with van der Waals surface area (Å²) >= 11 is 0. The second-order valence-corrected chi connectivity index (χ2v) is 6.46. The third-order valence-corrected chi connectivity index (χ3v) is 4.41. The molecule has 1 amide bonds. The Morgan fingerprint density at radius 2 is 2.05 bits per heavy atom. The van der Waals surface area contributed by atoms with E-state index >= 15 is 0 Å². The molecule has 0 radical (unpaired) electrons. The maximum absolute atomic E-state index is 12.5. The molecule has 110 valence electrons. The number of hydrogen-bond donors (Lipinski definition) is 2. The summed E-state index contributed by atoms with van der Waals surface area (Å²) in [5.74, 6) is 0.534. The van der Waals surface area contributed by atoms with Crippen molar-refractivity contribution >= 4 is 5.91 Å². The number of rotatable bonds is 3. The molecule has 0 aliphatic heterocycles. The van der Waals surface area contributed by atoms with Crippen LogP contribution in [0.5, 0.6) is 0 Å². The molecule has 0 bridgehead atoms. The van der Waals surface area contributed by atoms with Gasteiger partial charge >= 0.3 is 0 Å². The molecule has 1 aromatic carbocycles. The van der Waals surface area contributed by atoms with E-state index in [0.29, 0.717) is 5.92 Å². The molecule has 2 unspecified atom stereocenters. The van der Waals surface area contributed by atoms with E-state index < -0.39 is 5.54 Å². The van der Waals surface area contributed by atoms with Crippen LogP contribution >= 0.6 is 0 Å². The summed E-state index contributed by atoms with van der Waals surface area (Å²) in [6.45, 7) is 6.25. The predicted molar refractivity (Wildman–Crippen MR) is 82.3 cm³/mol. The smallest absolute Gasteiger partial charge is 0.240 e. The number of nitrogens with two attached hydrogens (primary N) is 1. The highest BCUT2D eigenvalue weighted by molar-refractivity contribution is 5.86. The highest BCUT2D eigenvalue weighted by Gasteiger charge is 2.38. The first-order valence-corrected chi connectivity index (χ1v) is 7.57. The number of hydrogen-bond acceptors (Lipinski definition) is 2. The first-order valence-electron chi connectivity index (χ1n) is 7.57. The van der Waals surface area contributed by atoms with Crippen molar-refractivity contribution in [3.05, 3.63) is 35.4 Å². The van der Waals surface area contributed by atoms with Crippen molar-refractivity contribution in [2.75, 3.05) is 0 Å². The zero-order valence-corrected chi connectivity index (χ0v) is 12.8. The second-order valence-electron chi connectivity index (χ2n) is 6.46. The second kappa shape index (κ2) is 5.96. The van der Waals surface area contributed by atoms with Crippen LogP contribution in [-0.4, -0.2) is 11.4 Å². The largest absolute Gasteiger partial charge is 0.348 e. The minimum atomic E-state index is -0.684. The first kappa shape index (κ1) is 15.0. The standard InChI is InChI=1S/C17H26N2O/c1-12-6-8-15(9-7-12)14(3)19-16(20)17(18)10-4-5-13(2)11-17/h6-9,13-14H,4-5,10-11,18H2,1-3H3,(H,19,20)/t13?,14-,17?/m1/s1. The third kappa shape index (κ3) is 3.40. The van der Waals surface area contributed by atoms with Gasteiger partial charge in [-0.25, -0.2) is 0 Å². The van der Waals surface area contributed by atoms with Gasteiger partial charge in [0.15, 0.2) is 0 Å². The normalized spacial score (nSPS) is 27.9. The monoisotopic (exact) mass is 274 g/mol. The van der Waals surface area contributed by atoms with Crippen molar-refractivity contribution < 1.29 is 4.79 Å². The average Bonchev–Trinajstić information content (AvgIpc) is 2.39. The van der Waals surface area contributed by atoms with E-state index in [1.807, 2.05) is 6.92 Å². The zero-order valence-electron chi connectivity index (χ0n) is 12.8. The van der Waals surface area contributed by atoms with Crippen LogP contribution in [0.1, 0.15) is 56.7 Å². The molecule has 0 heterocycles. The van der Waals surface area contributed by atoms with Gasteiger partial charge in [0.25, 0.3) is 0 Å². The Bertz CT molecular complexity index is 468. The van der Waals surface area contributed by atoms with Gasteiger partial charge in [0.05, 0.1) is 11.6 Å². The van der Waals surface area contributed by atoms with Gasteiger partial charge in [-0.15, -0.1) is 0 Å². The molecule has 3 atom stereocenters. The molecule has 0 saturated heterocycles. The molecule has 1 aromatic rings. The van der Waals surface area contributed by atoms with Crippen LogP contribution in [0.4, 0.5) is 0 Å². The first-order chi connectivity index (χ1) is 9.40. The van der Waals surface area contributed by atoms with Crippen LogP contribution in [0, 0.1) is 12.8 Å². The molecule has 1 aliphatic carbocycles. The fraction of sp³-hybridized carbons (Fsp3) is 0.588. The molecule has 1 saturated carbocycles. The number of nitrogens with one attached hydrogen (secondary N) is 1. The molecule has 3 heteroatoms. The van der Waals surface area contributed by atoms with Crippen molar-refractivity contribution in [1.29, 1.82) is 0 Å². The van der Waals surface area contributed by atoms with Crippen molar-refractivity contribution in [2.45, 2.75) is 58.0 Å². The van der Waals surface area contributed by atoms with Crippen LogP contribution < -0.4 is 11.1 Å². The van der Waals surface area contributed by atoms with E-state index in [1.165, 1.54) is 12.0 Å². The van der Waals surface area contributed by atoms with E-state index in [9.17, 15) is 4.79 Å². The molecule has 3 N–H and O–H groups in total. The summed E-state index contributed by atoms with van der Waals surface area (Å²) in [5.41, 5.74) is 7.99. The molecular formula is C17H26N2O. The van der Waals surface area contributed by atoms with Gasteiger partial charge in [-0.2, -0.15) is 0 Å². The molecule has 0 aromatic heterocycles. The minimum absolute atomic E-state index is 0.000702. The van der Waals surface area contributed by atoms with Gasteiger partial charge < -0.3 is 11.1 Å². The molecule has 1 aliphatic rings. The molecular weight excluding hydrogens is 248 g/mol. The van der Waals surface area contributed by atoms with E-state index in [-0.39, 0.29) is 11.9 Å². The van der Waals surface area contributed by atoms with Gasteiger partial charge in [-0.05, 0) is 38.2 Å². The molecule has 2 rings (SSSR count). The Hall–Kier alpha value is -1.35. The van der Waals surface area contributed by atoms with Gasteiger partial charge in [-0.1, -0.05) is 49.6 Å². The number of amides is 1. The summed E-state index contributed by atoms with van der Waals surface area (Å²) < 4.78 is 0. The van der Waals surface area contributed by atoms with Crippen LogP contribution in [-0.2, 0) is 4.79 Å². The maximum Gasteiger partial charge on any atom is 0.240 e. The maximum atomic E-state index is 12.5. The third-order valence-electron chi connectivity index (χ3n) is 4.41. The van der Waals surface area contributed by atoms with Gasteiger partial charge in [0, 0.05) is 0 Å². The minimum Gasteiger partial charge on any atom is -0.348 e. The van der Waals surface area contributed by atoms with Crippen molar-refractivity contribution in [2.24, 2.45) is 11.7 Å². The lowest BCUT2D eigenvalue weighted by Crippen LogP contribution is -2.56. The molecule has 0 spiro atoms. The van der Waals surface area contributed by atoms with Gasteiger partial charge in [0.1, 0.15) is 0 Å².